The first-order valence-electron chi connectivity index (χ1n) is 8.18. The number of benzene rings is 2. The molecular weight excluding hydrogens is 332 g/mol. The molecule has 1 aromatic heterocycles. The van der Waals surface area contributed by atoms with E-state index in [0.717, 1.165) is 5.56 Å². The summed E-state index contributed by atoms with van der Waals surface area (Å²) in [5.41, 5.74) is 1.32. The molecule has 0 saturated carbocycles. The first-order valence-corrected chi connectivity index (χ1v) is 8.18. The third kappa shape index (κ3) is 3.26. The molecule has 0 aliphatic heterocycles. The van der Waals surface area contributed by atoms with Gasteiger partial charge in [0.2, 0.25) is 5.43 Å². The van der Waals surface area contributed by atoms with Gasteiger partial charge in [-0.25, -0.2) is 0 Å². The fraction of sp³-hybridized carbons (Fsp3) is 0.200. The molecule has 0 unspecified atom stereocenters. The minimum Gasteiger partial charge on any atom is -0.493 e. The molecule has 0 radical (unpaired) electrons. The van der Waals surface area contributed by atoms with E-state index in [2.05, 4.69) is 10.3 Å². The monoisotopic (exact) mass is 352 g/mol. The summed E-state index contributed by atoms with van der Waals surface area (Å²) >= 11 is 0. The zero-order valence-electron chi connectivity index (χ0n) is 14.8. The van der Waals surface area contributed by atoms with Crippen LogP contribution in [0.25, 0.3) is 10.9 Å². The summed E-state index contributed by atoms with van der Waals surface area (Å²) in [6, 6.07) is 12.2. The highest BCUT2D eigenvalue weighted by molar-refractivity contribution is 5.97. The Morgan fingerprint density at radius 1 is 1.08 bits per heavy atom. The quantitative estimate of drug-likeness (QED) is 0.740. The highest BCUT2D eigenvalue weighted by Crippen LogP contribution is 2.29. The van der Waals surface area contributed by atoms with Crippen molar-refractivity contribution in [3.05, 3.63) is 70.0 Å². The van der Waals surface area contributed by atoms with Crippen LogP contribution in [0.15, 0.2) is 53.5 Å². The number of H-pyrrole nitrogens is 1. The number of ether oxygens (including phenoxy) is 2. The topological polar surface area (TPSA) is 80.4 Å². The molecule has 1 atom stereocenters. The van der Waals surface area contributed by atoms with Crippen LogP contribution in [0.2, 0.25) is 0 Å². The molecule has 0 spiro atoms. The van der Waals surface area contributed by atoms with E-state index in [1.165, 1.54) is 6.20 Å². The van der Waals surface area contributed by atoms with Crippen LogP contribution in [0.4, 0.5) is 0 Å². The van der Waals surface area contributed by atoms with Gasteiger partial charge < -0.3 is 19.8 Å². The largest absolute Gasteiger partial charge is 0.493 e. The third-order valence-electron chi connectivity index (χ3n) is 4.29. The summed E-state index contributed by atoms with van der Waals surface area (Å²) in [7, 11) is 3.12. The number of fused-ring (bicyclic) bond motifs is 1. The number of aromatic nitrogens is 1. The van der Waals surface area contributed by atoms with Gasteiger partial charge in [0.1, 0.15) is 5.56 Å². The lowest BCUT2D eigenvalue weighted by atomic mass is 10.1. The second-order valence-electron chi connectivity index (χ2n) is 5.89. The number of nitrogens with one attached hydrogen (secondary N) is 2. The van der Waals surface area contributed by atoms with E-state index < -0.39 is 5.91 Å². The molecule has 0 aliphatic carbocycles. The number of methoxy groups -OCH3 is 2. The molecule has 0 fully saturated rings. The van der Waals surface area contributed by atoms with Crippen LogP contribution in [-0.2, 0) is 0 Å². The number of carbonyl (C=O) groups is 1. The predicted molar refractivity (Wildman–Crippen MR) is 100.0 cm³/mol. The maximum absolute atomic E-state index is 12.6. The Labute approximate surface area is 150 Å². The fourth-order valence-electron chi connectivity index (χ4n) is 2.82. The first kappa shape index (κ1) is 17.5. The van der Waals surface area contributed by atoms with E-state index in [9.17, 15) is 9.59 Å². The van der Waals surface area contributed by atoms with Crippen molar-refractivity contribution in [1.29, 1.82) is 0 Å². The van der Waals surface area contributed by atoms with Gasteiger partial charge in [-0.3, -0.25) is 9.59 Å². The smallest absolute Gasteiger partial charge is 0.257 e. The molecule has 2 aromatic carbocycles. The third-order valence-corrected chi connectivity index (χ3v) is 4.29. The number of hydrogen-bond donors (Lipinski definition) is 2. The zero-order valence-corrected chi connectivity index (χ0v) is 14.8. The van der Waals surface area contributed by atoms with Crippen LogP contribution in [0.3, 0.4) is 0 Å². The van der Waals surface area contributed by atoms with Crippen LogP contribution in [0.5, 0.6) is 11.5 Å². The molecule has 1 heterocycles. The molecular formula is C20H20N2O4. The summed E-state index contributed by atoms with van der Waals surface area (Å²) < 4.78 is 10.5. The summed E-state index contributed by atoms with van der Waals surface area (Å²) in [5.74, 6) is 0.759. The molecule has 0 saturated heterocycles. The van der Waals surface area contributed by atoms with Gasteiger partial charge in [0, 0.05) is 17.1 Å². The maximum Gasteiger partial charge on any atom is 0.257 e. The SMILES string of the molecule is COc1ccc([C@H](C)NC(=O)c2c[nH]c3ccccc3c2=O)cc1OC. The minimum atomic E-state index is -0.431. The Bertz CT molecular complexity index is 1010. The Morgan fingerprint density at radius 2 is 1.81 bits per heavy atom. The summed E-state index contributed by atoms with van der Waals surface area (Å²) in [4.78, 5) is 28.1. The van der Waals surface area contributed by atoms with E-state index in [-0.39, 0.29) is 17.0 Å². The molecule has 0 bridgehead atoms. The van der Waals surface area contributed by atoms with Crippen LogP contribution in [-0.4, -0.2) is 25.1 Å². The van der Waals surface area contributed by atoms with Crippen molar-refractivity contribution >= 4 is 16.8 Å². The minimum absolute atomic E-state index is 0.0797. The Hall–Kier alpha value is -3.28. The summed E-state index contributed by atoms with van der Waals surface area (Å²) in [6.07, 6.45) is 1.45. The lowest BCUT2D eigenvalue weighted by Gasteiger charge is -2.16. The van der Waals surface area contributed by atoms with Gasteiger partial charge >= 0.3 is 0 Å². The van der Waals surface area contributed by atoms with Crippen molar-refractivity contribution in [1.82, 2.24) is 10.3 Å². The molecule has 3 aromatic rings. The molecule has 26 heavy (non-hydrogen) atoms. The molecule has 2 N–H and O–H groups in total. The van der Waals surface area contributed by atoms with Crippen molar-refractivity contribution in [3.8, 4) is 11.5 Å². The Kier molecular flexibility index (Phi) is 4.93. The van der Waals surface area contributed by atoms with Gasteiger partial charge in [-0.1, -0.05) is 18.2 Å². The number of hydrogen-bond acceptors (Lipinski definition) is 4. The Morgan fingerprint density at radius 3 is 2.54 bits per heavy atom. The highest BCUT2D eigenvalue weighted by atomic mass is 16.5. The highest BCUT2D eigenvalue weighted by Gasteiger charge is 2.17. The molecule has 6 heteroatoms. The van der Waals surface area contributed by atoms with Crippen LogP contribution in [0.1, 0.15) is 28.9 Å². The molecule has 3 rings (SSSR count). The van der Waals surface area contributed by atoms with Crippen molar-refractivity contribution in [2.75, 3.05) is 14.2 Å². The zero-order chi connectivity index (χ0) is 18.7. The number of pyridine rings is 1. The van der Waals surface area contributed by atoms with Crippen molar-refractivity contribution in [3.63, 3.8) is 0 Å². The lowest BCUT2D eigenvalue weighted by molar-refractivity contribution is 0.0938. The van der Waals surface area contributed by atoms with E-state index >= 15 is 0 Å². The number of amides is 1. The van der Waals surface area contributed by atoms with Gasteiger partial charge in [-0.2, -0.15) is 0 Å². The van der Waals surface area contributed by atoms with Gasteiger partial charge in [-0.05, 0) is 36.8 Å². The number of para-hydroxylation sites is 1. The summed E-state index contributed by atoms with van der Waals surface area (Å²) in [6.45, 7) is 1.84. The maximum atomic E-state index is 12.6. The van der Waals surface area contributed by atoms with Gasteiger partial charge in [-0.15, -0.1) is 0 Å². The van der Waals surface area contributed by atoms with Crippen LogP contribution >= 0.6 is 0 Å². The average molecular weight is 352 g/mol. The Balaban J connectivity index is 1.86. The van der Waals surface area contributed by atoms with E-state index in [0.29, 0.717) is 22.4 Å². The first-order chi connectivity index (χ1) is 12.5. The predicted octanol–water partition coefficient (Wildman–Crippen LogP) is 3.04. The fourth-order valence-corrected chi connectivity index (χ4v) is 2.82. The normalized spacial score (nSPS) is 11.8. The second-order valence-corrected chi connectivity index (χ2v) is 5.89. The number of carbonyl (C=O) groups excluding carboxylic acids is 1. The lowest BCUT2D eigenvalue weighted by Crippen LogP contribution is -2.31. The van der Waals surface area contributed by atoms with Crippen LogP contribution in [0, 0.1) is 0 Å². The average Bonchev–Trinajstić information content (AvgIpc) is 2.67. The van der Waals surface area contributed by atoms with Crippen molar-refractivity contribution in [2.45, 2.75) is 13.0 Å². The van der Waals surface area contributed by atoms with E-state index in [1.54, 1.807) is 44.6 Å². The van der Waals surface area contributed by atoms with E-state index in [4.69, 9.17) is 9.47 Å². The van der Waals surface area contributed by atoms with Crippen molar-refractivity contribution < 1.29 is 14.3 Å². The van der Waals surface area contributed by atoms with Gasteiger partial charge in [0.05, 0.1) is 20.3 Å². The van der Waals surface area contributed by atoms with Crippen LogP contribution < -0.4 is 20.2 Å². The summed E-state index contributed by atoms with van der Waals surface area (Å²) in [5, 5.41) is 3.34. The molecule has 134 valence electrons. The second kappa shape index (κ2) is 7.31. The van der Waals surface area contributed by atoms with E-state index in [1.807, 2.05) is 19.1 Å². The van der Waals surface area contributed by atoms with Gasteiger partial charge in [0.25, 0.3) is 5.91 Å². The molecule has 1 amide bonds. The molecule has 0 aliphatic rings. The number of aromatic amines is 1. The van der Waals surface area contributed by atoms with Crippen molar-refractivity contribution in [2.24, 2.45) is 0 Å². The molecule has 6 nitrogen and oxygen atoms in total. The van der Waals surface area contributed by atoms with Gasteiger partial charge in [0.15, 0.2) is 11.5 Å². The standard InChI is InChI=1S/C20H20N2O4/c1-12(13-8-9-17(25-2)18(10-13)26-3)22-20(24)15-11-21-16-7-5-4-6-14(16)19(15)23/h4-12H,1-3H3,(H,21,23)(H,22,24)/t12-/m0/s1. The number of rotatable bonds is 5.